The van der Waals surface area contributed by atoms with Gasteiger partial charge in [-0.25, -0.2) is 13.8 Å². The minimum atomic E-state index is -4.44. The monoisotopic (exact) mass is 659 g/mol. The number of esters is 1. The number of hydrogen-bond acceptors (Lipinski definition) is 10. The molecule has 12 nitrogen and oxygen atoms in total. The molecular weight excluding hydrogens is 620 g/mol. The van der Waals surface area contributed by atoms with Gasteiger partial charge in [0.15, 0.2) is 17.6 Å². The Morgan fingerprint density at radius 2 is 1.87 bits per heavy atom. The maximum atomic E-state index is 16.0. The summed E-state index contributed by atoms with van der Waals surface area (Å²) in [5, 5.41) is 15.0. The number of cyclic esters (lactones) is 1. The first-order chi connectivity index (χ1) is 21.8. The summed E-state index contributed by atoms with van der Waals surface area (Å²) in [7, 11) is -4.44. The van der Waals surface area contributed by atoms with E-state index >= 15 is 4.39 Å². The SMILES string of the molecule is C[C@H]1NP(=O)(Oc2cccc3ccccc23)OC[C@H]2O[C@@H](n3cc(cnc3=O)OCC/C=C/CC(C)(C)COC1=O)[C@](C)(F)[C@@H]2O. The van der Waals surface area contributed by atoms with Gasteiger partial charge < -0.3 is 23.8 Å². The van der Waals surface area contributed by atoms with Crippen LogP contribution in [-0.2, 0) is 23.4 Å². The first-order valence-corrected chi connectivity index (χ1v) is 16.6. The van der Waals surface area contributed by atoms with Gasteiger partial charge in [0, 0.05) is 10.8 Å². The molecule has 14 heteroatoms. The number of rotatable bonds is 2. The van der Waals surface area contributed by atoms with E-state index in [1.807, 2.05) is 44.2 Å². The maximum Gasteiger partial charge on any atom is 0.459 e. The van der Waals surface area contributed by atoms with Gasteiger partial charge in [-0.15, -0.1) is 0 Å². The van der Waals surface area contributed by atoms with Crippen molar-refractivity contribution in [1.29, 1.82) is 0 Å². The number of carbonyl (C=O) groups excluding carboxylic acids is 1. The Balaban J connectivity index is 1.48. The lowest BCUT2D eigenvalue weighted by molar-refractivity contribution is -0.148. The Bertz CT molecular complexity index is 1690. The van der Waals surface area contributed by atoms with Gasteiger partial charge in [0.2, 0.25) is 0 Å². The standard InChI is InChI=1S/C32H39FN3O9P/c1-21-28(38)42-20-31(2,3)15-8-5-9-16-41-23-17-34-30(39)36(18-23)29-32(4,33)27(37)26(44-29)19-43-46(40,35-21)45-25-14-10-12-22-11-6-7-13-24(22)25/h5-8,10-14,17-18,21,26-27,29,37H,9,15-16,19-20H2,1-4H3,(H,35,40)/b8-5+/t21-,26-,27-,29-,32-,46?/m1/s1. The molecule has 4 bridgehead atoms. The Morgan fingerprint density at radius 1 is 1.11 bits per heavy atom. The van der Waals surface area contributed by atoms with Crippen LogP contribution in [-0.4, -0.2) is 64.4 Å². The Labute approximate surface area is 266 Å². The zero-order valence-corrected chi connectivity index (χ0v) is 27.0. The summed E-state index contributed by atoms with van der Waals surface area (Å²) in [4.78, 5) is 29.5. The number of hydrogen-bond donors (Lipinski definition) is 2. The number of halogens is 1. The number of carbonyl (C=O) groups is 1. The van der Waals surface area contributed by atoms with E-state index in [2.05, 4.69) is 10.1 Å². The van der Waals surface area contributed by atoms with Gasteiger partial charge in [-0.3, -0.25) is 13.9 Å². The van der Waals surface area contributed by atoms with Gasteiger partial charge in [0.05, 0.1) is 32.2 Å². The number of aliphatic hydroxyl groups is 1. The van der Waals surface area contributed by atoms with Crippen LogP contribution in [0.5, 0.6) is 11.5 Å². The van der Waals surface area contributed by atoms with E-state index in [0.717, 1.165) is 16.9 Å². The highest BCUT2D eigenvalue weighted by Gasteiger charge is 2.56. The lowest BCUT2D eigenvalue weighted by Gasteiger charge is -2.27. The van der Waals surface area contributed by atoms with Crippen molar-refractivity contribution in [2.24, 2.45) is 5.41 Å². The molecule has 6 atom stereocenters. The minimum absolute atomic E-state index is 0.0832. The number of fused-ring (bicyclic) bond motifs is 6. The van der Waals surface area contributed by atoms with Gasteiger partial charge >= 0.3 is 19.4 Å². The zero-order chi connectivity index (χ0) is 33.1. The Hall–Kier alpha value is -3.61. The van der Waals surface area contributed by atoms with E-state index in [0.29, 0.717) is 18.2 Å². The lowest BCUT2D eigenvalue weighted by atomic mass is 9.90. The summed E-state index contributed by atoms with van der Waals surface area (Å²) in [6.45, 7) is 6.12. The molecule has 2 N–H and O–H groups in total. The molecule has 5 rings (SSSR count). The molecule has 0 saturated carbocycles. The summed E-state index contributed by atoms with van der Waals surface area (Å²) < 4.78 is 60.0. The average molecular weight is 660 g/mol. The molecule has 0 spiro atoms. The Morgan fingerprint density at radius 3 is 2.67 bits per heavy atom. The van der Waals surface area contributed by atoms with E-state index in [1.165, 1.54) is 19.3 Å². The molecule has 1 fully saturated rings. The summed E-state index contributed by atoms with van der Waals surface area (Å²) >= 11 is 0. The third kappa shape index (κ3) is 7.67. The predicted molar refractivity (Wildman–Crippen MR) is 167 cm³/mol. The predicted octanol–water partition coefficient (Wildman–Crippen LogP) is 4.86. The van der Waals surface area contributed by atoms with Gasteiger partial charge in [-0.1, -0.05) is 62.4 Å². The molecule has 0 aliphatic carbocycles. The van der Waals surface area contributed by atoms with Crippen molar-refractivity contribution in [2.45, 2.75) is 70.7 Å². The number of allylic oxidation sites excluding steroid dienone is 1. The molecule has 248 valence electrons. The third-order valence-electron chi connectivity index (χ3n) is 7.84. The molecule has 3 heterocycles. The number of aliphatic hydroxyl groups excluding tert-OH is 1. The summed E-state index contributed by atoms with van der Waals surface area (Å²) in [6, 6.07) is 11.2. The molecule has 46 heavy (non-hydrogen) atoms. The fourth-order valence-electron chi connectivity index (χ4n) is 5.18. The first-order valence-electron chi connectivity index (χ1n) is 15.0. The van der Waals surface area contributed by atoms with Crippen LogP contribution in [0.3, 0.4) is 0 Å². The largest absolute Gasteiger partial charge is 0.490 e. The van der Waals surface area contributed by atoms with Gasteiger partial charge in [-0.2, -0.15) is 10.1 Å². The lowest BCUT2D eigenvalue weighted by Crippen LogP contribution is -2.43. The molecule has 1 aromatic heterocycles. The topological polar surface area (TPSA) is 147 Å². The molecule has 0 radical (unpaired) electrons. The quantitative estimate of drug-likeness (QED) is 0.221. The van der Waals surface area contributed by atoms with Crippen molar-refractivity contribution in [3.63, 3.8) is 0 Å². The van der Waals surface area contributed by atoms with Crippen LogP contribution < -0.4 is 20.0 Å². The van der Waals surface area contributed by atoms with Crippen LogP contribution >= 0.6 is 7.75 Å². The van der Waals surface area contributed by atoms with Crippen molar-refractivity contribution in [3.8, 4) is 11.5 Å². The zero-order valence-electron chi connectivity index (χ0n) is 26.1. The number of benzene rings is 2. The van der Waals surface area contributed by atoms with Crippen LogP contribution in [0.15, 0.2) is 71.8 Å². The van der Waals surface area contributed by atoms with Crippen LogP contribution in [0.4, 0.5) is 4.39 Å². The van der Waals surface area contributed by atoms with Gasteiger partial charge in [0.1, 0.15) is 24.0 Å². The second-order valence-corrected chi connectivity index (χ2v) is 14.1. The second kappa shape index (κ2) is 13.6. The van der Waals surface area contributed by atoms with Crippen molar-refractivity contribution < 1.29 is 42.1 Å². The summed E-state index contributed by atoms with van der Waals surface area (Å²) in [6.07, 6.45) is 2.66. The highest BCUT2D eigenvalue weighted by molar-refractivity contribution is 7.52. The van der Waals surface area contributed by atoms with Crippen molar-refractivity contribution in [1.82, 2.24) is 14.6 Å². The van der Waals surface area contributed by atoms with E-state index < -0.39 is 61.6 Å². The number of aromatic nitrogens is 2. The van der Waals surface area contributed by atoms with Gasteiger partial charge in [0.25, 0.3) is 0 Å². The fourth-order valence-corrected chi connectivity index (χ4v) is 6.70. The number of nitrogens with one attached hydrogen (secondary N) is 1. The molecule has 2 aromatic carbocycles. The summed E-state index contributed by atoms with van der Waals surface area (Å²) in [5.74, 6) is -0.296. The smallest absolute Gasteiger partial charge is 0.459 e. The molecular formula is C32H39FN3O9P. The van der Waals surface area contributed by atoms with E-state index in [1.54, 1.807) is 24.3 Å². The molecule has 3 aromatic rings. The van der Waals surface area contributed by atoms with Crippen LogP contribution in [0.1, 0.15) is 46.8 Å². The molecule has 1 unspecified atom stereocenters. The van der Waals surface area contributed by atoms with Gasteiger partial charge in [-0.05, 0) is 38.1 Å². The molecule has 2 aliphatic rings. The number of nitrogens with zero attached hydrogens (tertiary/aromatic N) is 2. The summed E-state index contributed by atoms with van der Waals surface area (Å²) in [5.41, 5.74) is -3.72. The Kier molecular flexibility index (Phi) is 10.00. The van der Waals surface area contributed by atoms with Crippen molar-refractivity contribution in [3.05, 3.63) is 77.5 Å². The second-order valence-electron chi connectivity index (χ2n) is 12.4. The normalized spacial score (nSPS) is 31.7. The fraction of sp³-hybridized carbons (Fsp3) is 0.469. The molecule has 1 saturated heterocycles. The van der Waals surface area contributed by atoms with E-state index in [-0.39, 0.29) is 24.7 Å². The van der Waals surface area contributed by atoms with E-state index in [9.17, 15) is 19.3 Å². The maximum absolute atomic E-state index is 16.0. The molecule has 0 amide bonds. The van der Waals surface area contributed by atoms with Crippen LogP contribution in [0.2, 0.25) is 0 Å². The van der Waals surface area contributed by atoms with E-state index in [4.69, 9.17) is 23.3 Å². The highest BCUT2D eigenvalue weighted by Crippen LogP contribution is 2.49. The van der Waals surface area contributed by atoms with Crippen LogP contribution in [0, 0.1) is 5.41 Å². The van der Waals surface area contributed by atoms with Crippen LogP contribution in [0.25, 0.3) is 10.8 Å². The number of alkyl halides is 1. The minimum Gasteiger partial charge on any atom is -0.490 e. The highest BCUT2D eigenvalue weighted by atomic mass is 31.2. The van der Waals surface area contributed by atoms with Crippen molar-refractivity contribution >= 4 is 24.5 Å². The number of ether oxygens (including phenoxy) is 3. The average Bonchev–Trinajstić information content (AvgIpc) is 3.24. The van der Waals surface area contributed by atoms with Crippen molar-refractivity contribution in [2.75, 3.05) is 19.8 Å². The first kappa shape index (κ1) is 33.7. The molecule has 2 aliphatic heterocycles. The third-order valence-corrected chi connectivity index (χ3v) is 9.47.